The van der Waals surface area contributed by atoms with E-state index in [0.29, 0.717) is 11.3 Å². The van der Waals surface area contributed by atoms with Crippen LogP contribution in [-0.2, 0) is 10.0 Å². The minimum atomic E-state index is -3.70. The molecular formula is C11H12N4O2S. The van der Waals surface area contributed by atoms with Crippen molar-refractivity contribution in [3.63, 3.8) is 0 Å². The molecule has 94 valence electrons. The number of nitrogens with zero attached hydrogens (tertiary/aromatic N) is 2. The van der Waals surface area contributed by atoms with Gasteiger partial charge in [-0.25, -0.2) is 8.42 Å². The minimum absolute atomic E-state index is 0.133. The Balaban J connectivity index is 2.40. The topological polar surface area (TPSA) is 98.0 Å². The lowest BCUT2D eigenvalue weighted by molar-refractivity contribution is 0.600. The highest BCUT2D eigenvalue weighted by molar-refractivity contribution is 7.92. The summed E-state index contributed by atoms with van der Waals surface area (Å²) in [5.41, 5.74) is 6.60. The van der Waals surface area contributed by atoms with Gasteiger partial charge in [0.1, 0.15) is 0 Å². The van der Waals surface area contributed by atoms with Crippen molar-refractivity contribution < 1.29 is 8.42 Å². The van der Waals surface area contributed by atoms with Crippen molar-refractivity contribution >= 4 is 21.5 Å². The molecule has 0 aliphatic rings. The Labute approximate surface area is 105 Å². The van der Waals surface area contributed by atoms with Crippen LogP contribution in [0.5, 0.6) is 0 Å². The molecule has 3 N–H and O–H groups in total. The smallest absolute Gasteiger partial charge is 0.263 e. The van der Waals surface area contributed by atoms with Gasteiger partial charge < -0.3 is 5.73 Å². The number of hydrogen-bond donors (Lipinski definition) is 2. The molecular weight excluding hydrogens is 252 g/mol. The molecule has 1 aromatic carbocycles. The quantitative estimate of drug-likeness (QED) is 0.811. The van der Waals surface area contributed by atoms with E-state index in [-0.39, 0.29) is 10.7 Å². The molecule has 2 aromatic rings. The molecule has 0 saturated carbocycles. The summed E-state index contributed by atoms with van der Waals surface area (Å²) in [5, 5.41) is 7.27. The summed E-state index contributed by atoms with van der Waals surface area (Å²) in [4.78, 5) is 0.133. The molecule has 0 fully saturated rings. The zero-order chi connectivity index (χ0) is 13.2. The van der Waals surface area contributed by atoms with E-state index in [1.165, 1.54) is 18.3 Å². The van der Waals surface area contributed by atoms with E-state index >= 15 is 0 Å². The fourth-order valence-electron chi connectivity index (χ4n) is 1.45. The first-order chi connectivity index (χ1) is 8.49. The van der Waals surface area contributed by atoms with Gasteiger partial charge in [0, 0.05) is 11.9 Å². The van der Waals surface area contributed by atoms with Gasteiger partial charge in [0.25, 0.3) is 10.0 Å². The van der Waals surface area contributed by atoms with E-state index in [1.54, 1.807) is 25.1 Å². The monoisotopic (exact) mass is 264 g/mol. The first kappa shape index (κ1) is 12.3. The van der Waals surface area contributed by atoms with Crippen LogP contribution < -0.4 is 10.5 Å². The third-order valence-electron chi connectivity index (χ3n) is 2.31. The molecule has 2 rings (SSSR count). The summed E-state index contributed by atoms with van der Waals surface area (Å²) >= 11 is 0. The highest BCUT2D eigenvalue weighted by Gasteiger charge is 2.17. The number of nitrogens with one attached hydrogen (secondary N) is 1. The number of nitrogens with two attached hydrogens (primary N) is 1. The standard InChI is InChI=1S/C11H12N4O2S/c1-8-4-5-9(12)7-10(8)18(16,17)15-11-3-2-6-13-14-11/h2-7H,12H2,1H3,(H,14,15). The summed E-state index contributed by atoms with van der Waals surface area (Å²) in [6.07, 6.45) is 1.46. The molecule has 0 saturated heterocycles. The van der Waals surface area contributed by atoms with Crippen LogP contribution in [0.1, 0.15) is 5.56 Å². The van der Waals surface area contributed by atoms with E-state index in [0.717, 1.165) is 0 Å². The second-order valence-corrected chi connectivity index (χ2v) is 5.39. The summed E-state index contributed by atoms with van der Waals surface area (Å²) in [6, 6.07) is 7.83. The first-order valence-corrected chi connectivity index (χ1v) is 6.64. The number of nitrogen functional groups attached to an aromatic ring is 1. The molecule has 0 radical (unpaired) electrons. The van der Waals surface area contributed by atoms with Crippen molar-refractivity contribution in [2.45, 2.75) is 11.8 Å². The van der Waals surface area contributed by atoms with Gasteiger partial charge >= 0.3 is 0 Å². The lowest BCUT2D eigenvalue weighted by Gasteiger charge is -2.09. The van der Waals surface area contributed by atoms with Gasteiger partial charge in [0.15, 0.2) is 5.82 Å². The maximum Gasteiger partial charge on any atom is 0.263 e. The van der Waals surface area contributed by atoms with Gasteiger partial charge in [0.2, 0.25) is 0 Å². The molecule has 0 bridgehead atoms. The lowest BCUT2D eigenvalue weighted by Crippen LogP contribution is -2.15. The fourth-order valence-corrected chi connectivity index (χ4v) is 2.73. The van der Waals surface area contributed by atoms with E-state index < -0.39 is 10.0 Å². The summed E-state index contributed by atoms with van der Waals surface area (Å²) in [7, 11) is -3.70. The third-order valence-corrected chi connectivity index (χ3v) is 3.81. The largest absolute Gasteiger partial charge is 0.399 e. The van der Waals surface area contributed by atoms with Crippen LogP contribution >= 0.6 is 0 Å². The number of aromatic nitrogens is 2. The molecule has 0 atom stereocenters. The molecule has 0 aliphatic heterocycles. The molecule has 1 aromatic heterocycles. The van der Waals surface area contributed by atoms with Gasteiger partial charge in [-0.3, -0.25) is 4.72 Å². The van der Waals surface area contributed by atoms with Gasteiger partial charge in [-0.15, -0.1) is 5.10 Å². The van der Waals surface area contributed by atoms with E-state index in [4.69, 9.17) is 5.73 Å². The minimum Gasteiger partial charge on any atom is -0.399 e. The molecule has 18 heavy (non-hydrogen) atoms. The highest BCUT2D eigenvalue weighted by Crippen LogP contribution is 2.20. The maximum absolute atomic E-state index is 12.1. The normalized spacial score (nSPS) is 11.2. The number of benzene rings is 1. The summed E-state index contributed by atoms with van der Waals surface area (Å²) in [5.74, 6) is 0.166. The van der Waals surface area contributed by atoms with E-state index in [2.05, 4.69) is 14.9 Å². The molecule has 7 heteroatoms. The average molecular weight is 264 g/mol. The van der Waals surface area contributed by atoms with Crippen molar-refractivity contribution in [1.82, 2.24) is 10.2 Å². The molecule has 0 spiro atoms. The third kappa shape index (κ3) is 2.57. The SMILES string of the molecule is Cc1ccc(N)cc1S(=O)(=O)Nc1cccnn1. The number of rotatable bonds is 3. The van der Waals surface area contributed by atoms with E-state index in [9.17, 15) is 8.42 Å². The zero-order valence-electron chi connectivity index (χ0n) is 9.66. The second kappa shape index (κ2) is 4.61. The average Bonchev–Trinajstić information content (AvgIpc) is 2.33. The van der Waals surface area contributed by atoms with Crippen molar-refractivity contribution in [2.24, 2.45) is 0 Å². The molecule has 6 nitrogen and oxygen atoms in total. The number of anilines is 2. The van der Waals surface area contributed by atoms with Crippen LogP contribution in [0.2, 0.25) is 0 Å². The van der Waals surface area contributed by atoms with Crippen LogP contribution in [0.15, 0.2) is 41.4 Å². The molecule has 0 amide bonds. The summed E-state index contributed by atoms with van der Waals surface area (Å²) in [6.45, 7) is 1.70. The van der Waals surface area contributed by atoms with Gasteiger partial charge in [-0.1, -0.05) is 6.07 Å². The predicted octanol–water partition coefficient (Wildman–Crippen LogP) is 1.17. The van der Waals surface area contributed by atoms with Crippen LogP contribution in [0.3, 0.4) is 0 Å². The Bertz CT molecular complexity index is 656. The number of hydrogen-bond acceptors (Lipinski definition) is 5. The van der Waals surface area contributed by atoms with Crippen LogP contribution in [0.25, 0.3) is 0 Å². The fraction of sp³-hybridized carbons (Fsp3) is 0.0909. The van der Waals surface area contributed by atoms with Crippen molar-refractivity contribution in [3.05, 3.63) is 42.1 Å². The highest BCUT2D eigenvalue weighted by atomic mass is 32.2. The maximum atomic E-state index is 12.1. The van der Waals surface area contributed by atoms with Gasteiger partial charge in [-0.05, 0) is 36.8 Å². The Morgan fingerprint density at radius 1 is 1.28 bits per heavy atom. The molecule has 1 heterocycles. The summed E-state index contributed by atoms with van der Waals surface area (Å²) < 4.78 is 26.6. The van der Waals surface area contributed by atoms with E-state index in [1.807, 2.05) is 0 Å². The number of aryl methyl sites for hydroxylation is 1. The van der Waals surface area contributed by atoms with Gasteiger partial charge in [0.05, 0.1) is 4.90 Å². The first-order valence-electron chi connectivity index (χ1n) is 5.16. The predicted molar refractivity (Wildman–Crippen MR) is 68.4 cm³/mol. The van der Waals surface area contributed by atoms with Crippen LogP contribution in [0, 0.1) is 6.92 Å². The molecule has 0 unspecified atom stereocenters. The number of sulfonamides is 1. The second-order valence-electron chi connectivity index (χ2n) is 3.74. The Morgan fingerprint density at radius 3 is 2.72 bits per heavy atom. The Kier molecular flexibility index (Phi) is 3.15. The lowest BCUT2D eigenvalue weighted by atomic mass is 10.2. The van der Waals surface area contributed by atoms with Crippen molar-refractivity contribution in [3.8, 4) is 0 Å². The Hall–Kier alpha value is -2.15. The Morgan fingerprint density at radius 2 is 2.06 bits per heavy atom. The van der Waals surface area contributed by atoms with Gasteiger partial charge in [-0.2, -0.15) is 5.10 Å². The van der Waals surface area contributed by atoms with Crippen molar-refractivity contribution in [1.29, 1.82) is 0 Å². The van der Waals surface area contributed by atoms with Crippen molar-refractivity contribution in [2.75, 3.05) is 10.5 Å². The molecule has 0 aliphatic carbocycles. The van der Waals surface area contributed by atoms with Crippen LogP contribution in [-0.4, -0.2) is 18.6 Å². The zero-order valence-corrected chi connectivity index (χ0v) is 10.5. The van der Waals surface area contributed by atoms with Crippen LogP contribution in [0.4, 0.5) is 11.5 Å².